The van der Waals surface area contributed by atoms with Crippen LogP contribution < -0.4 is 0 Å². The highest BCUT2D eigenvalue weighted by molar-refractivity contribution is 7.09. The first-order valence-electron chi connectivity index (χ1n) is 8.25. The molecule has 0 aliphatic carbocycles. The van der Waals surface area contributed by atoms with Crippen LogP contribution in [-0.2, 0) is 31.5 Å². The number of hydrogen-bond acceptors (Lipinski definition) is 7. The lowest BCUT2D eigenvalue weighted by molar-refractivity contribution is 0.0829. The van der Waals surface area contributed by atoms with Gasteiger partial charge in [0.05, 0.1) is 25.5 Å². The largest absolute Gasteiger partial charge is 0.376 e. The Hall–Kier alpha value is -2.16. The molecule has 25 heavy (non-hydrogen) atoms. The van der Waals surface area contributed by atoms with Crippen molar-refractivity contribution in [1.29, 1.82) is 0 Å². The molecule has 0 N–H and O–H groups in total. The van der Waals surface area contributed by atoms with E-state index in [0.29, 0.717) is 13.2 Å². The Morgan fingerprint density at radius 1 is 1.28 bits per heavy atom. The number of thiazole rings is 1. The predicted octanol–water partition coefficient (Wildman–Crippen LogP) is 1.98. The van der Waals surface area contributed by atoms with E-state index in [1.165, 1.54) is 5.69 Å². The van der Waals surface area contributed by atoms with E-state index in [2.05, 4.69) is 25.2 Å². The number of rotatable bonds is 6. The van der Waals surface area contributed by atoms with Gasteiger partial charge in [-0.15, -0.1) is 16.4 Å². The van der Waals surface area contributed by atoms with E-state index in [-0.39, 0.29) is 5.92 Å². The lowest BCUT2D eigenvalue weighted by Crippen LogP contribution is -2.36. The van der Waals surface area contributed by atoms with E-state index in [0.717, 1.165) is 35.9 Å². The molecule has 1 aliphatic rings. The summed E-state index contributed by atoms with van der Waals surface area (Å²) in [6.45, 7) is 3.80. The van der Waals surface area contributed by atoms with Crippen molar-refractivity contribution in [3.05, 3.63) is 58.1 Å². The monoisotopic (exact) mass is 356 g/mol. The lowest BCUT2D eigenvalue weighted by Gasteiger charge is -2.31. The molecule has 8 heteroatoms. The van der Waals surface area contributed by atoms with Crippen molar-refractivity contribution in [3.8, 4) is 0 Å². The zero-order valence-electron chi connectivity index (χ0n) is 14.1. The number of hydrogen-bond donors (Lipinski definition) is 0. The number of ether oxygens (including phenoxy) is 1. The summed E-state index contributed by atoms with van der Waals surface area (Å²) in [6, 6.07) is 3.96. The van der Waals surface area contributed by atoms with Crippen LogP contribution in [-0.4, -0.2) is 43.0 Å². The Bertz CT molecular complexity index is 804. The van der Waals surface area contributed by atoms with Gasteiger partial charge in [-0.3, -0.25) is 14.6 Å². The SMILES string of the molecule is Cn1nnc2c1[C@@H](COCc1ccncc1)CN(Cc1nccs1)C2. The molecule has 0 aromatic carbocycles. The van der Waals surface area contributed by atoms with Crippen LogP contribution in [0, 0.1) is 0 Å². The zero-order valence-corrected chi connectivity index (χ0v) is 14.9. The summed E-state index contributed by atoms with van der Waals surface area (Å²) < 4.78 is 7.87. The molecule has 0 radical (unpaired) electrons. The average molecular weight is 356 g/mol. The quantitative estimate of drug-likeness (QED) is 0.673. The molecule has 0 saturated carbocycles. The van der Waals surface area contributed by atoms with Gasteiger partial charge in [-0.1, -0.05) is 5.21 Å². The topological polar surface area (TPSA) is 69.0 Å². The van der Waals surface area contributed by atoms with E-state index in [1.54, 1.807) is 23.7 Å². The molecular weight excluding hydrogens is 336 g/mol. The molecule has 0 spiro atoms. The van der Waals surface area contributed by atoms with E-state index >= 15 is 0 Å². The Morgan fingerprint density at radius 2 is 2.16 bits per heavy atom. The Morgan fingerprint density at radius 3 is 2.96 bits per heavy atom. The first kappa shape index (κ1) is 16.3. The Balaban J connectivity index is 1.44. The summed E-state index contributed by atoms with van der Waals surface area (Å²) in [4.78, 5) is 10.8. The van der Waals surface area contributed by atoms with E-state index in [4.69, 9.17) is 4.74 Å². The third-order valence-corrected chi connectivity index (χ3v) is 5.13. The normalized spacial score (nSPS) is 17.6. The minimum atomic E-state index is 0.255. The maximum atomic E-state index is 5.99. The molecular formula is C17H20N6OS. The van der Waals surface area contributed by atoms with E-state index in [9.17, 15) is 0 Å². The lowest BCUT2D eigenvalue weighted by atomic mass is 9.99. The molecule has 1 atom stereocenters. The molecule has 4 rings (SSSR count). The maximum Gasteiger partial charge on any atom is 0.107 e. The standard InChI is InChI=1S/C17H20N6OS/c1-22-17-14(12-24-11-13-2-4-18-5-3-13)8-23(9-15(17)20-21-22)10-16-19-6-7-25-16/h2-7,14H,8-12H2,1H3/t14-/m1/s1. The third kappa shape index (κ3) is 3.76. The second kappa shape index (κ2) is 7.38. The van der Waals surface area contributed by atoms with Crippen LogP contribution in [0.25, 0.3) is 0 Å². The summed E-state index contributed by atoms with van der Waals surface area (Å²) >= 11 is 1.69. The van der Waals surface area contributed by atoms with Crippen molar-refractivity contribution >= 4 is 11.3 Å². The summed E-state index contributed by atoms with van der Waals surface area (Å²) in [7, 11) is 1.96. The van der Waals surface area contributed by atoms with Gasteiger partial charge in [0.2, 0.25) is 0 Å². The number of fused-ring (bicyclic) bond motifs is 1. The van der Waals surface area contributed by atoms with Crippen LogP contribution in [0.15, 0.2) is 36.1 Å². The molecule has 3 aromatic rings. The Labute approximate surface area is 150 Å². The minimum absolute atomic E-state index is 0.255. The highest BCUT2D eigenvalue weighted by atomic mass is 32.1. The summed E-state index contributed by atoms with van der Waals surface area (Å²) in [5.74, 6) is 0.255. The molecule has 1 aliphatic heterocycles. The van der Waals surface area contributed by atoms with Crippen molar-refractivity contribution < 1.29 is 4.74 Å². The van der Waals surface area contributed by atoms with Crippen LogP contribution in [0.2, 0.25) is 0 Å². The van der Waals surface area contributed by atoms with Gasteiger partial charge in [-0.05, 0) is 17.7 Å². The van der Waals surface area contributed by atoms with Crippen LogP contribution in [0.4, 0.5) is 0 Å². The first-order chi connectivity index (χ1) is 12.3. The van der Waals surface area contributed by atoms with Gasteiger partial charge in [0.15, 0.2) is 0 Å². The van der Waals surface area contributed by atoms with Gasteiger partial charge in [-0.2, -0.15) is 0 Å². The zero-order chi connectivity index (χ0) is 17.1. The summed E-state index contributed by atoms with van der Waals surface area (Å²) in [6.07, 6.45) is 5.43. The molecule has 130 valence electrons. The number of nitrogens with zero attached hydrogens (tertiary/aromatic N) is 6. The van der Waals surface area contributed by atoms with Crippen molar-refractivity contribution in [1.82, 2.24) is 29.9 Å². The fraction of sp³-hybridized carbons (Fsp3) is 0.412. The second-order valence-electron chi connectivity index (χ2n) is 6.21. The number of aryl methyl sites for hydroxylation is 1. The van der Waals surface area contributed by atoms with Gasteiger partial charge in [0.25, 0.3) is 0 Å². The molecule has 4 heterocycles. The van der Waals surface area contributed by atoms with Gasteiger partial charge < -0.3 is 4.74 Å². The van der Waals surface area contributed by atoms with Crippen molar-refractivity contribution in [2.75, 3.05) is 13.2 Å². The van der Waals surface area contributed by atoms with Crippen molar-refractivity contribution in [2.24, 2.45) is 7.05 Å². The number of aromatic nitrogens is 5. The highest BCUT2D eigenvalue weighted by Crippen LogP contribution is 2.28. The Kier molecular flexibility index (Phi) is 4.82. The summed E-state index contributed by atoms with van der Waals surface area (Å²) in [5.41, 5.74) is 3.36. The highest BCUT2D eigenvalue weighted by Gasteiger charge is 2.30. The number of pyridine rings is 1. The van der Waals surface area contributed by atoms with E-state index < -0.39 is 0 Å². The molecule has 0 amide bonds. The molecule has 3 aromatic heterocycles. The minimum Gasteiger partial charge on any atom is -0.376 e. The van der Waals surface area contributed by atoms with E-state index in [1.807, 2.05) is 35.4 Å². The van der Waals surface area contributed by atoms with Gasteiger partial charge in [0.1, 0.15) is 10.7 Å². The molecule has 0 unspecified atom stereocenters. The van der Waals surface area contributed by atoms with Gasteiger partial charge in [-0.25, -0.2) is 4.98 Å². The fourth-order valence-corrected chi connectivity index (χ4v) is 3.92. The van der Waals surface area contributed by atoms with Gasteiger partial charge in [0, 0.05) is 50.0 Å². The molecule has 0 saturated heterocycles. The van der Waals surface area contributed by atoms with Crippen molar-refractivity contribution in [3.63, 3.8) is 0 Å². The maximum absolute atomic E-state index is 5.99. The predicted molar refractivity (Wildman–Crippen MR) is 93.9 cm³/mol. The van der Waals surface area contributed by atoms with Crippen LogP contribution in [0.3, 0.4) is 0 Å². The average Bonchev–Trinajstić information content (AvgIpc) is 3.26. The first-order valence-corrected chi connectivity index (χ1v) is 9.13. The fourth-order valence-electron chi connectivity index (χ4n) is 3.27. The van der Waals surface area contributed by atoms with Crippen LogP contribution in [0.1, 0.15) is 27.9 Å². The summed E-state index contributed by atoms with van der Waals surface area (Å²) in [5, 5.41) is 11.7. The second-order valence-corrected chi connectivity index (χ2v) is 7.19. The molecule has 0 fully saturated rings. The van der Waals surface area contributed by atoms with Crippen molar-refractivity contribution in [2.45, 2.75) is 25.6 Å². The van der Waals surface area contributed by atoms with Crippen LogP contribution in [0.5, 0.6) is 0 Å². The third-order valence-electron chi connectivity index (χ3n) is 4.36. The van der Waals surface area contributed by atoms with Crippen LogP contribution >= 0.6 is 11.3 Å². The molecule has 0 bridgehead atoms. The smallest absolute Gasteiger partial charge is 0.107 e. The van der Waals surface area contributed by atoms with Gasteiger partial charge >= 0.3 is 0 Å². The molecule has 7 nitrogen and oxygen atoms in total.